The summed E-state index contributed by atoms with van der Waals surface area (Å²) in [6.07, 6.45) is 10.7. The Morgan fingerprint density at radius 1 is 1.09 bits per heavy atom. The molecule has 1 fully saturated rings. The minimum Gasteiger partial charge on any atom is -0.381 e. The van der Waals surface area contributed by atoms with Crippen molar-refractivity contribution in [2.45, 2.75) is 37.0 Å². The fraction of sp³-hybridized carbons (Fsp3) is 1.00. The Bertz CT molecular complexity index is 106. The predicted molar refractivity (Wildman–Crippen MR) is 53.9 cm³/mol. The molecule has 0 aromatic heterocycles. The summed E-state index contributed by atoms with van der Waals surface area (Å²) in [5.74, 6) is 0. The first-order valence-electron chi connectivity index (χ1n) is 4.43. The van der Waals surface area contributed by atoms with Crippen LogP contribution in [0, 0.1) is 0 Å². The lowest BCUT2D eigenvalue weighted by Crippen LogP contribution is -2.23. The molecule has 0 aromatic carbocycles. The number of methoxy groups -OCH3 is 1. The number of rotatable bonds is 2. The lowest BCUT2D eigenvalue weighted by atomic mass is 9.97. The van der Waals surface area contributed by atoms with Crippen molar-refractivity contribution < 1.29 is 4.74 Å². The summed E-state index contributed by atoms with van der Waals surface area (Å²) in [5, 5.41) is 1.02. The molecule has 0 aliphatic heterocycles. The van der Waals surface area contributed by atoms with E-state index >= 15 is 0 Å². The number of hydrogen-bond acceptors (Lipinski definition) is 1. The molecule has 1 aliphatic rings. The Balaban J connectivity index is 2.24. The topological polar surface area (TPSA) is 9.23 Å². The average Bonchev–Trinajstić information content (AvgIpc) is 2.05. The monoisotopic (exact) mass is 176 g/mol. The molecule has 0 saturated heterocycles. The van der Waals surface area contributed by atoms with Crippen LogP contribution in [0.15, 0.2) is 0 Å². The molecule has 2 heteroatoms. The van der Waals surface area contributed by atoms with Gasteiger partial charge in [0.1, 0.15) is 0 Å². The zero-order valence-electron chi connectivity index (χ0n) is 7.84. The highest BCUT2D eigenvalue weighted by Gasteiger charge is 2.21. The van der Waals surface area contributed by atoms with Crippen molar-refractivity contribution in [3.63, 3.8) is 0 Å². The quantitative estimate of drug-likeness (QED) is 0.635. The van der Waals surface area contributed by atoms with E-state index < -0.39 is 0 Å². The smallest absolute Gasteiger partial charge is 0.0572 e. The second-order valence-corrected chi connectivity index (χ2v) is 6.29. The summed E-state index contributed by atoms with van der Waals surface area (Å²) in [7, 11) is 2.14. The van der Waals surface area contributed by atoms with Crippen molar-refractivity contribution in [2.75, 3.05) is 19.6 Å². The summed E-state index contributed by atoms with van der Waals surface area (Å²) in [5.41, 5.74) is 0. The fourth-order valence-corrected chi connectivity index (χ4v) is 3.13. The Labute approximate surface area is 72.9 Å². The van der Waals surface area contributed by atoms with E-state index in [0.717, 1.165) is 5.25 Å². The molecule has 0 N–H and O–H groups in total. The highest BCUT2D eigenvalue weighted by Crippen LogP contribution is 2.35. The SMILES string of the molecule is COC1CCC([SH](C)C)CC1. The van der Waals surface area contributed by atoms with Crippen LogP contribution in [0.2, 0.25) is 0 Å². The Morgan fingerprint density at radius 2 is 1.64 bits per heavy atom. The fourth-order valence-electron chi connectivity index (χ4n) is 1.80. The second kappa shape index (κ2) is 4.36. The van der Waals surface area contributed by atoms with Crippen LogP contribution < -0.4 is 0 Å². The van der Waals surface area contributed by atoms with E-state index in [0.29, 0.717) is 17.0 Å². The normalized spacial score (nSPS) is 33.5. The summed E-state index contributed by atoms with van der Waals surface area (Å²) in [6.45, 7) is 0. The molecular formula is C9H20OS. The third-order valence-corrected chi connectivity index (χ3v) is 4.68. The molecule has 0 radical (unpaired) electrons. The average molecular weight is 176 g/mol. The molecule has 0 aromatic rings. The molecule has 0 atom stereocenters. The van der Waals surface area contributed by atoms with Crippen molar-refractivity contribution in [3.05, 3.63) is 0 Å². The maximum atomic E-state index is 5.33. The third-order valence-electron chi connectivity index (χ3n) is 2.71. The number of hydrogen-bond donors (Lipinski definition) is 1. The minimum atomic E-state index is 0.302. The predicted octanol–water partition coefficient (Wildman–Crippen LogP) is 2.20. The Morgan fingerprint density at radius 3 is 2.00 bits per heavy atom. The van der Waals surface area contributed by atoms with E-state index in [4.69, 9.17) is 4.74 Å². The first-order valence-corrected chi connectivity index (χ1v) is 6.73. The van der Waals surface area contributed by atoms with Crippen LogP contribution in [0.4, 0.5) is 0 Å². The van der Waals surface area contributed by atoms with Crippen LogP contribution in [0.5, 0.6) is 0 Å². The standard InChI is InChI=1S/C9H20OS/c1-10-8-4-6-9(7-5-8)11(2)3/h8-9,11H,4-7H2,1-3H3. The largest absolute Gasteiger partial charge is 0.381 e. The van der Waals surface area contributed by atoms with E-state index in [9.17, 15) is 0 Å². The maximum Gasteiger partial charge on any atom is 0.0572 e. The highest BCUT2D eigenvalue weighted by molar-refractivity contribution is 8.16. The van der Waals surface area contributed by atoms with Crippen LogP contribution >= 0.6 is 10.9 Å². The van der Waals surface area contributed by atoms with Gasteiger partial charge in [-0.15, -0.1) is 0 Å². The van der Waals surface area contributed by atoms with Gasteiger partial charge in [-0.1, -0.05) is 0 Å². The van der Waals surface area contributed by atoms with Gasteiger partial charge in [0.25, 0.3) is 0 Å². The zero-order valence-corrected chi connectivity index (χ0v) is 8.73. The van der Waals surface area contributed by atoms with E-state index in [2.05, 4.69) is 12.5 Å². The summed E-state index contributed by atoms with van der Waals surface area (Å²) in [4.78, 5) is 0. The molecule has 1 aliphatic carbocycles. The van der Waals surface area contributed by atoms with E-state index in [1.807, 2.05) is 7.11 Å². The van der Waals surface area contributed by atoms with Crippen molar-refractivity contribution in [1.29, 1.82) is 0 Å². The first-order chi connectivity index (χ1) is 5.24. The molecule has 1 rings (SSSR count). The summed E-state index contributed by atoms with van der Waals surface area (Å²) >= 11 is 0. The molecule has 0 heterocycles. The van der Waals surface area contributed by atoms with Crippen LogP contribution in [0.1, 0.15) is 25.7 Å². The van der Waals surface area contributed by atoms with Gasteiger partial charge in [-0.05, 0) is 43.4 Å². The molecule has 1 nitrogen and oxygen atoms in total. The van der Waals surface area contributed by atoms with Crippen molar-refractivity contribution in [2.24, 2.45) is 0 Å². The van der Waals surface area contributed by atoms with E-state index in [-0.39, 0.29) is 0 Å². The van der Waals surface area contributed by atoms with Gasteiger partial charge in [-0.3, -0.25) is 10.9 Å². The van der Waals surface area contributed by atoms with Crippen LogP contribution in [-0.4, -0.2) is 31.0 Å². The second-order valence-electron chi connectivity index (χ2n) is 3.63. The molecule has 0 bridgehead atoms. The van der Waals surface area contributed by atoms with Gasteiger partial charge >= 0.3 is 0 Å². The van der Waals surface area contributed by atoms with Crippen molar-refractivity contribution in [3.8, 4) is 0 Å². The lowest BCUT2D eigenvalue weighted by molar-refractivity contribution is 0.0722. The van der Waals surface area contributed by atoms with Crippen molar-refractivity contribution in [1.82, 2.24) is 0 Å². The molecule has 0 unspecified atom stereocenters. The van der Waals surface area contributed by atoms with Crippen LogP contribution in [0.25, 0.3) is 0 Å². The first kappa shape index (κ1) is 9.40. The van der Waals surface area contributed by atoms with Crippen LogP contribution in [0.3, 0.4) is 0 Å². The highest BCUT2D eigenvalue weighted by atomic mass is 32.2. The number of ether oxygens (including phenoxy) is 1. The van der Waals surface area contributed by atoms with Gasteiger partial charge < -0.3 is 4.74 Å². The molecule has 68 valence electrons. The molecule has 0 amide bonds. The molecule has 11 heavy (non-hydrogen) atoms. The number of thiol groups is 1. The summed E-state index contributed by atoms with van der Waals surface area (Å²) in [6, 6.07) is 0. The Kier molecular flexibility index (Phi) is 3.73. The minimum absolute atomic E-state index is 0.302. The van der Waals surface area contributed by atoms with Gasteiger partial charge in [0.2, 0.25) is 0 Å². The van der Waals surface area contributed by atoms with E-state index in [1.165, 1.54) is 25.7 Å². The van der Waals surface area contributed by atoms with Gasteiger partial charge in [-0.2, -0.15) is 0 Å². The van der Waals surface area contributed by atoms with Crippen LogP contribution in [-0.2, 0) is 4.74 Å². The molecular weight excluding hydrogens is 156 g/mol. The van der Waals surface area contributed by atoms with Gasteiger partial charge in [0, 0.05) is 7.11 Å². The van der Waals surface area contributed by atoms with Gasteiger partial charge in [0.05, 0.1) is 6.10 Å². The van der Waals surface area contributed by atoms with E-state index in [1.54, 1.807) is 0 Å². The lowest BCUT2D eigenvalue weighted by Gasteiger charge is -2.31. The van der Waals surface area contributed by atoms with Crippen molar-refractivity contribution >= 4 is 10.9 Å². The van der Waals surface area contributed by atoms with Gasteiger partial charge in [0.15, 0.2) is 0 Å². The molecule has 0 spiro atoms. The summed E-state index contributed by atoms with van der Waals surface area (Å²) < 4.78 is 5.33. The zero-order chi connectivity index (χ0) is 8.27. The maximum absolute atomic E-state index is 5.33. The molecule has 1 saturated carbocycles. The van der Waals surface area contributed by atoms with Gasteiger partial charge in [-0.25, -0.2) is 0 Å². The third kappa shape index (κ3) is 2.68. The Hall–Kier alpha value is 0.310.